The maximum Gasteiger partial charge on any atom is 0.312 e. The van der Waals surface area contributed by atoms with E-state index in [-0.39, 0.29) is 23.3 Å². The van der Waals surface area contributed by atoms with Crippen molar-refractivity contribution in [3.05, 3.63) is 32.3 Å². The highest BCUT2D eigenvalue weighted by atomic mass is 79.9. The van der Waals surface area contributed by atoms with Crippen molar-refractivity contribution in [2.75, 3.05) is 0 Å². The van der Waals surface area contributed by atoms with E-state index in [1.54, 1.807) is 13.0 Å². The number of ketones is 1. The van der Waals surface area contributed by atoms with Gasteiger partial charge >= 0.3 is 5.69 Å². The predicted octanol–water partition coefficient (Wildman–Crippen LogP) is 4.19. The number of hydrogen-bond acceptors (Lipinski definition) is 4. The van der Waals surface area contributed by atoms with Gasteiger partial charge in [-0.05, 0) is 31.4 Å². The minimum absolute atomic E-state index is 0.0673. The van der Waals surface area contributed by atoms with Gasteiger partial charge < -0.3 is 4.74 Å². The number of Topliss-reactive ketones (excluding diaryl/α,β-unsaturated/α-hetero) is 1. The van der Waals surface area contributed by atoms with Gasteiger partial charge in [-0.15, -0.1) is 0 Å². The first-order chi connectivity index (χ1) is 9.85. The standard InChI is InChI=1S/C15H18BrNO4/c1-4-15(5-2)12(18)8-13(15)21-14-9(3)6-10(16)7-11(14)17(19)20/h6-7,13H,4-5,8H2,1-3H3. The van der Waals surface area contributed by atoms with Crippen molar-refractivity contribution < 1.29 is 14.5 Å². The number of nitro groups is 1. The number of carbonyl (C=O) groups is 1. The summed E-state index contributed by atoms with van der Waals surface area (Å²) in [5.74, 6) is 0.460. The molecule has 0 aliphatic heterocycles. The highest BCUT2D eigenvalue weighted by Gasteiger charge is 2.54. The van der Waals surface area contributed by atoms with E-state index in [2.05, 4.69) is 15.9 Å². The molecule has 1 aromatic carbocycles. The Kier molecular flexibility index (Phi) is 4.37. The first-order valence-corrected chi connectivity index (χ1v) is 7.79. The maximum atomic E-state index is 12.0. The molecule has 21 heavy (non-hydrogen) atoms. The van der Waals surface area contributed by atoms with Crippen molar-refractivity contribution in [2.45, 2.75) is 46.1 Å². The fourth-order valence-corrected chi connectivity index (χ4v) is 3.57. The molecule has 0 amide bonds. The normalized spacial score (nSPS) is 20.0. The second kappa shape index (κ2) is 5.75. The number of nitro benzene ring substituents is 1. The van der Waals surface area contributed by atoms with E-state index in [9.17, 15) is 14.9 Å². The molecular weight excluding hydrogens is 338 g/mol. The van der Waals surface area contributed by atoms with Crippen LogP contribution in [-0.2, 0) is 4.79 Å². The zero-order valence-corrected chi connectivity index (χ0v) is 13.9. The van der Waals surface area contributed by atoms with Crippen LogP contribution in [0.2, 0.25) is 0 Å². The minimum Gasteiger partial charge on any atom is -0.482 e. The molecule has 0 bridgehead atoms. The van der Waals surface area contributed by atoms with Crippen LogP contribution in [0.5, 0.6) is 5.75 Å². The van der Waals surface area contributed by atoms with E-state index in [4.69, 9.17) is 4.74 Å². The Labute approximate surface area is 132 Å². The molecule has 1 aliphatic rings. The lowest BCUT2D eigenvalue weighted by Gasteiger charge is -2.46. The number of nitrogens with zero attached hydrogens (tertiary/aromatic N) is 1. The summed E-state index contributed by atoms with van der Waals surface area (Å²) in [6.45, 7) is 5.69. The maximum absolute atomic E-state index is 12.0. The summed E-state index contributed by atoms with van der Waals surface area (Å²) < 4.78 is 6.55. The van der Waals surface area contributed by atoms with Crippen molar-refractivity contribution in [3.8, 4) is 5.75 Å². The quantitative estimate of drug-likeness (QED) is 0.586. The van der Waals surface area contributed by atoms with Gasteiger partial charge in [0.25, 0.3) is 0 Å². The second-order valence-electron chi connectivity index (χ2n) is 5.43. The van der Waals surface area contributed by atoms with E-state index >= 15 is 0 Å². The second-order valence-corrected chi connectivity index (χ2v) is 6.34. The van der Waals surface area contributed by atoms with E-state index in [1.807, 2.05) is 13.8 Å². The zero-order valence-electron chi connectivity index (χ0n) is 12.3. The lowest BCUT2D eigenvalue weighted by Crippen LogP contribution is -2.56. The van der Waals surface area contributed by atoms with Crippen LogP contribution in [0.15, 0.2) is 16.6 Å². The van der Waals surface area contributed by atoms with Crippen LogP contribution in [0.1, 0.15) is 38.7 Å². The van der Waals surface area contributed by atoms with Crippen LogP contribution in [0.4, 0.5) is 5.69 Å². The first kappa shape index (κ1) is 15.9. The molecule has 1 unspecified atom stereocenters. The zero-order chi connectivity index (χ0) is 15.8. The highest BCUT2D eigenvalue weighted by Crippen LogP contribution is 2.47. The number of carbonyl (C=O) groups excluding carboxylic acids is 1. The molecule has 1 aliphatic carbocycles. The number of rotatable bonds is 5. The molecule has 0 spiro atoms. The molecule has 5 nitrogen and oxygen atoms in total. The van der Waals surface area contributed by atoms with Crippen LogP contribution in [0, 0.1) is 22.5 Å². The van der Waals surface area contributed by atoms with Gasteiger partial charge in [-0.3, -0.25) is 14.9 Å². The number of aryl methyl sites for hydroxylation is 1. The van der Waals surface area contributed by atoms with Crippen LogP contribution in [0.3, 0.4) is 0 Å². The third-order valence-electron chi connectivity index (χ3n) is 4.48. The fourth-order valence-electron chi connectivity index (χ4n) is 3.01. The van der Waals surface area contributed by atoms with E-state index in [1.165, 1.54) is 6.07 Å². The van der Waals surface area contributed by atoms with Crippen molar-refractivity contribution >= 4 is 27.4 Å². The number of hydrogen-bond donors (Lipinski definition) is 0. The molecule has 1 aromatic rings. The molecule has 0 N–H and O–H groups in total. The molecule has 6 heteroatoms. The molecule has 1 fully saturated rings. The minimum atomic E-state index is -0.493. The Balaban J connectivity index is 2.37. The number of benzene rings is 1. The molecule has 1 atom stereocenters. The van der Waals surface area contributed by atoms with Gasteiger partial charge in [0.2, 0.25) is 0 Å². The average Bonchev–Trinajstić information content (AvgIpc) is 2.41. The molecule has 0 saturated heterocycles. The van der Waals surface area contributed by atoms with Gasteiger partial charge in [0, 0.05) is 17.0 Å². The Morgan fingerprint density at radius 1 is 1.43 bits per heavy atom. The van der Waals surface area contributed by atoms with Gasteiger partial charge in [-0.1, -0.05) is 29.8 Å². The molecule has 0 heterocycles. The summed E-state index contributed by atoms with van der Waals surface area (Å²) >= 11 is 3.26. The summed E-state index contributed by atoms with van der Waals surface area (Å²) in [7, 11) is 0. The van der Waals surface area contributed by atoms with E-state index in [0.29, 0.717) is 29.3 Å². The lowest BCUT2D eigenvalue weighted by atomic mass is 9.61. The van der Waals surface area contributed by atoms with Crippen molar-refractivity contribution in [3.63, 3.8) is 0 Å². The van der Waals surface area contributed by atoms with E-state index in [0.717, 1.165) is 0 Å². The number of ether oxygens (including phenoxy) is 1. The summed E-state index contributed by atoms with van der Waals surface area (Å²) in [6, 6.07) is 3.21. The molecule has 114 valence electrons. The monoisotopic (exact) mass is 355 g/mol. The van der Waals surface area contributed by atoms with E-state index < -0.39 is 10.3 Å². The van der Waals surface area contributed by atoms with Crippen LogP contribution >= 0.6 is 15.9 Å². The van der Waals surface area contributed by atoms with Gasteiger partial charge in [-0.25, -0.2) is 0 Å². The molecule has 1 saturated carbocycles. The third-order valence-corrected chi connectivity index (χ3v) is 4.94. The smallest absolute Gasteiger partial charge is 0.312 e. The van der Waals surface area contributed by atoms with Crippen LogP contribution in [-0.4, -0.2) is 16.8 Å². The summed E-state index contributed by atoms with van der Waals surface area (Å²) in [6.07, 6.45) is 1.43. The van der Waals surface area contributed by atoms with Crippen LogP contribution in [0.25, 0.3) is 0 Å². The Morgan fingerprint density at radius 2 is 2.05 bits per heavy atom. The molecular formula is C15H18BrNO4. The molecule has 2 rings (SSSR count). The fraction of sp³-hybridized carbons (Fsp3) is 0.533. The average molecular weight is 356 g/mol. The predicted molar refractivity (Wildman–Crippen MR) is 82.6 cm³/mol. The van der Waals surface area contributed by atoms with Gasteiger partial charge in [0.15, 0.2) is 5.75 Å². The molecule has 0 radical (unpaired) electrons. The SMILES string of the molecule is CCC1(CC)C(=O)CC1Oc1c(C)cc(Br)cc1[N+](=O)[O-]. The summed E-state index contributed by atoms with van der Waals surface area (Å²) in [5, 5.41) is 11.2. The lowest BCUT2D eigenvalue weighted by molar-refractivity contribution is -0.386. The Hall–Kier alpha value is -1.43. The van der Waals surface area contributed by atoms with Crippen molar-refractivity contribution in [2.24, 2.45) is 5.41 Å². The third kappa shape index (κ3) is 2.57. The van der Waals surface area contributed by atoms with Crippen molar-refractivity contribution in [1.82, 2.24) is 0 Å². The van der Waals surface area contributed by atoms with Crippen LogP contribution < -0.4 is 4.74 Å². The highest BCUT2D eigenvalue weighted by molar-refractivity contribution is 9.10. The topological polar surface area (TPSA) is 69.4 Å². The number of halogens is 1. The van der Waals surface area contributed by atoms with Gasteiger partial charge in [-0.2, -0.15) is 0 Å². The summed E-state index contributed by atoms with van der Waals surface area (Å²) in [4.78, 5) is 22.7. The van der Waals surface area contributed by atoms with Crippen molar-refractivity contribution in [1.29, 1.82) is 0 Å². The molecule has 0 aromatic heterocycles. The Morgan fingerprint density at radius 3 is 2.52 bits per heavy atom. The Bertz CT molecular complexity index is 596. The van der Waals surface area contributed by atoms with Gasteiger partial charge in [0.1, 0.15) is 11.9 Å². The van der Waals surface area contributed by atoms with Gasteiger partial charge in [0.05, 0.1) is 10.3 Å². The summed E-state index contributed by atoms with van der Waals surface area (Å²) in [5.41, 5.74) is 0.131. The largest absolute Gasteiger partial charge is 0.482 e. The first-order valence-electron chi connectivity index (χ1n) is 7.00.